The highest BCUT2D eigenvalue weighted by molar-refractivity contribution is 5.82. The summed E-state index contributed by atoms with van der Waals surface area (Å²) in [5, 5.41) is 2.91. The molecule has 0 bridgehead atoms. The number of ether oxygens (including phenoxy) is 1. The molecule has 0 spiro atoms. The quantitative estimate of drug-likeness (QED) is 0.725. The summed E-state index contributed by atoms with van der Waals surface area (Å²) in [5.74, 6) is 0.342. The van der Waals surface area contributed by atoms with Crippen LogP contribution in [0.15, 0.2) is 0 Å². The molecule has 0 saturated carbocycles. The van der Waals surface area contributed by atoms with Gasteiger partial charge in [0.2, 0.25) is 11.8 Å². The molecule has 1 aliphatic heterocycles. The maximum atomic E-state index is 12.2. The maximum Gasteiger partial charge on any atom is 0.246 e. The van der Waals surface area contributed by atoms with Crippen LogP contribution in [-0.2, 0) is 14.3 Å². The summed E-state index contributed by atoms with van der Waals surface area (Å²) in [6.07, 6.45) is 2.26. The Morgan fingerprint density at radius 1 is 1.35 bits per heavy atom. The van der Waals surface area contributed by atoms with E-state index in [0.717, 1.165) is 12.8 Å². The van der Waals surface area contributed by atoms with Crippen LogP contribution in [0.5, 0.6) is 0 Å². The SMILES string of the molecule is COCC(=O)NC1CCN(C(=O)[C@@H](N)CC(C)C)CC1. The molecule has 0 unspecified atom stereocenters. The van der Waals surface area contributed by atoms with E-state index in [1.807, 2.05) is 4.90 Å². The van der Waals surface area contributed by atoms with Gasteiger partial charge in [0.15, 0.2) is 0 Å². The van der Waals surface area contributed by atoms with E-state index in [1.54, 1.807) is 0 Å². The zero-order valence-corrected chi connectivity index (χ0v) is 12.7. The van der Waals surface area contributed by atoms with Crippen molar-refractivity contribution in [2.45, 2.75) is 45.2 Å². The van der Waals surface area contributed by atoms with E-state index in [4.69, 9.17) is 10.5 Å². The Hall–Kier alpha value is -1.14. The monoisotopic (exact) mass is 285 g/mol. The van der Waals surface area contributed by atoms with Crippen molar-refractivity contribution in [1.29, 1.82) is 0 Å². The summed E-state index contributed by atoms with van der Waals surface area (Å²) in [6.45, 7) is 5.51. The van der Waals surface area contributed by atoms with Gasteiger partial charge in [-0.1, -0.05) is 13.8 Å². The number of hydrogen-bond donors (Lipinski definition) is 2. The van der Waals surface area contributed by atoms with Gasteiger partial charge in [-0.25, -0.2) is 0 Å². The van der Waals surface area contributed by atoms with Crippen molar-refractivity contribution in [2.75, 3.05) is 26.8 Å². The molecule has 1 aliphatic rings. The van der Waals surface area contributed by atoms with Gasteiger partial charge in [0.25, 0.3) is 0 Å². The number of amides is 2. The first-order chi connectivity index (χ1) is 9.43. The average molecular weight is 285 g/mol. The van der Waals surface area contributed by atoms with Gasteiger partial charge >= 0.3 is 0 Å². The minimum absolute atomic E-state index is 0.0281. The Bertz CT molecular complexity index is 326. The highest BCUT2D eigenvalue weighted by Gasteiger charge is 2.27. The largest absolute Gasteiger partial charge is 0.375 e. The lowest BCUT2D eigenvalue weighted by Crippen LogP contribution is -2.51. The number of piperidine rings is 1. The molecule has 1 rings (SSSR count). The molecule has 1 heterocycles. The van der Waals surface area contributed by atoms with Crippen molar-refractivity contribution in [1.82, 2.24) is 10.2 Å². The van der Waals surface area contributed by atoms with Gasteiger partial charge in [0, 0.05) is 26.2 Å². The minimum atomic E-state index is -0.408. The number of carbonyl (C=O) groups is 2. The Morgan fingerprint density at radius 3 is 2.45 bits per heavy atom. The van der Waals surface area contributed by atoms with Crippen molar-refractivity contribution in [3.05, 3.63) is 0 Å². The fraction of sp³-hybridized carbons (Fsp3) is 0.857. The number of likely N-dealkylation sites (tertiary alicyclic amines) is 1. The zero-order valence-electron chi connectivity index (χ0n) is 12.7. The van der Waals surface area contributed by atoms with E-state index < -0.39 is 6.04 Å². The van der Waals surface area contributed by atoms with Crippen LogP contribution >= 0.6 is 0 Å². The second kappa shape index (κ2) is 8.21. The first-order valence-corrected chi connectivity index (χ1v) is 7.26. The third kappa shape index (κ3) is 5.46. The molecule has 6 heteroatoms. The summed E-state index contributed by atoms with van der Waals surface area (Å²) < 4.78 is 4.78. The van der Waals surface area contributed by atoms with Crippen LogP contribution in [0.2, 0.25) is 0 Å². The van der Waals surface area contributed by atoms with Crippen LogP contribution in [0.3, 0.4) is 0 Å². The molecule has 1 atom stereocenters. The predicted octanol–water partition coefficient (Wildman–Crippen LogP) is 0.113. The topological polar surface area (TPSA) is 84.7 Å². The Kier molecular flexibility index (Phi) is 6.95. The summed E-state index contributed by atoms with van der Waals surface area (Å²) in [6, 6.07) is -0.280. The van der Waals surface area contributed by atoms with Crippen molar-refractivity contribution in [3.8, 4) is 0 Å². The molecule has 116 valence electrons. The lowest BCUT2D eigenvalue weighted by Gasteiger charge is -2.34. The number of nitrogens with one attached hydrogen (secondary N) is 1. The molecular formula is C14H27N3O3. The first-order valence-electron chi connectivity index (χ1n) is 7.26. The average Bonchev–Trinajstić information content (AvgIpc) is 2.38. The molecule has 1 saturated heterocycles. The number of hydrogen-bond acceptors (Lipinski definition) is 4. The second-order valence-corrected chi connectivity index (χ2v) is 5.84. The predicted molar refractivity (Wildman–Crippen MR) is 77.1 cm³/mol. The van der Waals surface area contributed by atoms with Crippen LogP contribution in [0, 0.1) is 5.92 Å². The van der Waals surface area contributed by atoms with Crippen molar-refractivity contribution in [3.63, 3.8) is 0 Å². The van der Waals surface area contributed by atoms with Crippen LogP contribution in [-0.4, -0.2) is 55.6 Å². The number of nitrogens with two attached hydrogens (primary N) is 1. The fourth-order valence-corrected chi connectivity index (χ4v) is 2.49. The zero-order chi connectivity index (χ0) is 15.1. The van der Waals surface area contributed by atoms with Gasteiger partial charge in [-0.3, -0.25) is 9.59 Å². The van der Waals surface area contributed by atoms with E-state index in [-0.39, 0.29) is 24.5 Å². The van der Waals surface area contributed by atoms with Crippen LogP contribution in [0.25, 0.3) is 0 Å². The number of rotatable bonds is 6. The molecule has 2 amide bonds. The third-order valence-corrected chi connectivity index (χ3v) is 3.49. The van der Waals surface area contributed by atoms with Crippen molar-refractivity contribution < 1.29 is 14.3 Å². The standard InChI is InChI=1S/C14H27N3O3/c1-10(2)8-12(15)14(19)17-6-4-11(5-7-17)16-13(18)9-20-3/h10-12H,4-9,15H2,1-3H3,(H,16,18)/t12-/m0/s1. The van der Waals surface area contributed by atoms with E-state index in [0.29, 0.717) is 25.4 Å². The lowest BCUT2D eigenvalue weighted by molar-refractivity contribution is -0.134. The number of nitrogens with zero attached hydrogens (tertiary/aromatic N) is 1. The molecule has 0 aromatic rings. The molecule has 3 N–H and O–H groups in total. The Morgan fingerprint density at radius 2 is 1.95 bits per heavy atom. The minimum Gasteiger partial charge on any atom is -0.375 e. The Labute approximate surface area is 121 Å². The second-order valence-electron chi connectivity index (χ2n) is 5.84. The third-order valence-electron chi connectivity index (χ3n) is 3.49. The van der Waals surface area contributed by atoms with Gasteiger partial charge < -0.3 is 20.7 Å². The number of carbonyl (C=O) groups excluding carboxylic acids is 2. The van der Waals surface area contributed by atoms with Crippen LogP contribution in [0.1, 0.15) is 33.1 Å². The summed E-state index contributed by atoms with van der Waals surface area (Å²) in [5.41, 5.74) is 5.93. The highest BCUT2D eigenvalue weighted by atomic mass is 16.5. The highest BCUT2D eigenvalue weighted by Crippen LogP contribution is 2.13. The van der Waals surface area contributed by atoms with Gasteiger partial charge in [0.1, 0.15) is 6.61 Å². The van der Waals surface area contributed by atoms with Gasteiger partial charge in [-0.05, 0) is 25.2 Å². The van der Waals surface area contributed by atoms with Gasteiger partial charge in [0.05, 0.1) is 6.04 Å². The lowest BCUT2D eigenvalue weighted by atomic mass is 10.0. The van der Waals surface area contributed by atoms with Crippen LogP contribution < -0.4 is 11.1 Å². The fourth-order valence-electron chi connectivity index (χ4n) is 2.49. The van der Waals surface area contributed by atoms with E-state index >= 15 is 0 Å². The molecule has 0 aliphatic carbocycles. The molecule has 6 nitrogen and oxygen atoms in total. The van der Waals surface area contributed by atoms with Gasteiger partial charge in [-0.15, -0.1) is 0 Å². The van der Waals surface area contributed by atoms with Crippen molar-refractivity contribution >= 4 is 11.8 Å². The smallest absolute Gasteiger partial charge is 0.246 e. The molecule has 1 fully saturated rings. The maximum absolute atomic E-state index is 12.2. The van der Waals surface area contributed by atoms with Crippen LogP contribution in [0.4, 0.5) is 0 Å². The molecule has 20 heavy (non-hydrogen) atoms. The first kappa shape index (κ1) is 16.9. The molecule has 0 aromatic heterocycles. The normalized spacial score (nSPS) is 18.1. The van der Waals surface area contributed by atoms with E-state index in [9.17, 15) is 9.59 Å². The number of methoxy groups -OCH3 is 1. The van der Waals surface area contributed by atoms with E-state index in [2.05, 4.69) is 19.2 Å². The molecule has 0 aromatic carbocycles. The Balaban J connectivity index is 2.34. The summed E-state index contributed by atoms with van der Waals surface area (Å²) >= 11 is 0. The summed E-state index contributed by atoms with van der Waals surface area (Å²) in [7, 11) is 1.50. The molecule has 0 radical (unpaired) electrons. The van der Waals surface area contributed by atoms with Crippen molar-refractivity contribution in [2.24, 2.45) is 11.7 Å². The van der Waals surface area contributed by atoms with E-state index in [1.165, 1.54) is 7.11 Å². The van der Waals surface area contributed by atoms with Gasteiger partial charge in [-0.2, -0.15) is 0 Å². The molecular weight excluding hydrogens is 258 g/mol. The summed E-state index contributed by atoms with van der Waals surface area (Å²) in [4.78, 5) is 25.4.